The Labute approximate surface area is 208 Å². The molecule has 1 aromatic heterocycles. The maximum atomic E-state index is 13.9. The molecular formula is C30H35N3O2. The van der Waals surface area contributed by atoms with E-state index in [-0.39, 0.29) is 17.9 Å². The van der Waals surface area contributed by atoms with Crippen molar-refractivity contribution in [2.45, 2.75) is 77.0 Å². The molecule has 2 amide bonds. The van der Waals surface area contributed by atoms with Crippen LogP contribution in [0.4, 0.5) is 0 Å². The van der Waals surface area contributed by atoms with Crippen LogP contribution in [0.25, 0.3) is 11.3 Å². The lowest BCUT2D eigenvalue weighted by Gasteiger charge is -2.45. The van der Waals surface area contributed by atoms with E-state index in [1.54, 1.807) is 4.90 Å². The van der Waals surface area contributed by atoms with Crippen molar-refractivity contribution in [2.24, 2.45) is 0 Å². The highest BCUT2D eigenvalue weighted by molar-refractivity contribution is 6.00. The van der Waals surface area contributed by atoms with Crippen LogP contribution in [0.5, 0.6) is 0 Å². The van der Waals surface area contributed by atoms with E-state index >= 15 is 0 Å². The van der Waals surface area contributed by atoms with Gasteiger partial charge in [0.05, 0.1) is 6.54 Å². The summed E-state index contributed by atoms with van der Waals surface area (Å²) in [5, 5.41) is 3.32. The maximum Gasteiger partial charge on any atom is 0.271 e. The van der Waals surface area contributed by atoms with Crippen molar-refractivity contribution in [1.82, 2.24) is 14.8 Å². The van der Waals surface area contributed by atoms with Crippen LogP contribution in [0.1, 0.15) is 67.6 Å². The van der Waals surface area contributed by atoms with Gasteiger partial charge in [0.25, 0.3) is 5.91 Å². The van der Waals surface area contributed by atoms with Crippen LogP contribution in [0, 0.1) is 0 Å². The second-order valence-electron chi connectivity index (χ2n) is 10.2. The number of aryl methyl sites for hydroxylation is 1. The number of benzene rings is 2. The minimum atomic E-state index is -0.993. The van der Waals surface area contributed by atoms with Gasteiger partial charge in [0.2, 0.25) is 5.91 Å². The van der Waals surface area contributed by atoms with E-state index in [4.69, 9.17) is 0 Å². The zero-order chi connectivity index (χ0) is 24.4. The van der Waals surface area contributed by atoms with Crippen molar-refractivity contribution in [3.8, 4) is 11.3 Å². The number of fused-ring (bicyclic) bond motifs is 1. The Balaban J connectivity index is 1.52. The molecule has 2 aliphatic rings. The minimum absolute atomic E-state index is 0.0544. The maximum absolute atomic E-state index is 13.9. The first-order valence-electron chi connectivity index (χ1n) is 13.0. The Bertz CT molecular complexity index is 1190. The summed E-state index contributed by atoms with van der Waals surface area (Å²) >= 11 is 0. The average Bonchev–Trinajstić information content (AvgIpc) is 3.31. The molecule has 1 saturated carbocycles. The third-order valence-corrected chi connectivity index (χ3v) is 7.78. The predicted molar refractivity (Wildman–Crippen MR) is 139 cm³/mol. The van der Waals surface area contributed by atoms with E-state index in [9.17, 15) is 9.59 Å². The van der Waals surface area contributed by atoms with E-state index < -0.39 is 5.54 Å². The number of rotatable bonds is 6. The molecule has 0 unspecified atom stereocenters. The third kappa shape index (κ3) is 4.52. The molecule has 5 heteroatoms. The van der Waals surface area contributed by atoms with E-state index in [0.29, 0.717) is 18.8 Å². The van der Waals surface area contributed by atoms with Crippen LogP contribution in [0.3, 0.4) is 0 Å². The van der Waals surface area contributed by atoms with Crippen LogP contribution < -0.4 is 5.32 Å². The molecule has 2 aromatic carbocycles. The van der Waals surface area contributed by atoms with Crippen molar-refractivity contribution in [3.63, 3.8) is 0 Å². The summed E-state index contributed by atoms with van der Waals surface area (Å²) in [7, 11) is 0. The van der Waals surface area contributed by atoms with Crippen molar-refractivity contribution in [2.75, 3.05) is 0 Å². The lowest BCUT2D eigenvalue weighted by atomic mass is 9.91. The molecule has 0 saturated heterocycles. The van der Waals surface area contributed by atoms with Gasteiger partial charge in [0.15, 0.2) is 0 Å². The fraction of sp³-hybridized carbons (Fsp3) is 0.400. The van der Waals surface area contributed by atoms with Gasteiger partial charge in [-0.25, -0.2) is 0 Å². The Hall–Kier alpha value is -3.34. The van der Waals surface area contributed by atoms with Gasteiger partial charge in [0.1, 0.15) is 11.2 Å². The van der Waals surface area contributed by atoms with Crippen LogP contribution in [0.15, 0.2) is 66.7 Å². The molecule has 1 fully saturated rings. The quantitative estimate of drug-likeness (QED) is 0.512. The summed E-state index contributed by atoms with van der Waals surface area (Å²) < 4.78 is 2.04. The number of carbonyl (C=O) groups excluding carboxylic acids is 2. The van der Waals surface area contributed by atoms with Crippen molar-refractivity contribution in [1.29, 1.82) is 0 Å². The summed E-state index contributed by atoms with van der Waals surface area (Å²) in [4.78, 5) is 29.6. The molecule has 0 radical (unpaired) electrons. The molecule has 0 bridgehead atoms. The molecule has 182 valence electrons. The Kier molecular flexibility index (Phi) is 6.50. The van der Waals surface area contributed by atoms with Crippen molar-refractivity contribution < 1.29 is 9.59 Å². The summed E-state index contributed by atoms with van der Waals surface area (Å²) in [6.07, 6.45) is 6.52. The highest BCUT2D eigenvalue weighted by atomic mass is 16.2. The van der Waals surface area contributed by atoms with Gasteiger partial charge in [-0.3, -0.25) is 9.59 Å². The van der Waals surface area contributed by atoms with E-state index in [2.05, 4.69) is 36.5 Å². The zero-order valence-electron chi connectivity index (χ0n) is 20.8. The van der Waals surface area contributed by atoms with Gasteiger partial charge in [0, 0.05) is 18.3 Å². The highest BCUT2D eigenvalue weighted by Gasteiger charge is 2.48. The van der Waals surface area contributed by atoms with Gasteiger partial charge in [-0.15, -0.1) is 0 Å². The van der Waals surface area contributed by atoms with Gasteiger partial charge in [-0.05, 0) is 55.0 Å². The van der Waals surface area contributed by atoms with Gasteiger partial charge in [-0.1, -0.05) is 80.8 Å². The SMILES string of the molecule is CCc1ccc(CN2C(=O)c3ccc(-c4ccccc4)n3C[C@@]2(C)C(=O)NC2CCCCC2)cc1. The number of nitrogens with zero attached hydrogens (tertiary/aromatic N) is 2. The highest BCUT2D eigenvalue weighted by Crippen LogP contribution is 2.34. The normalized spacial score (nSPS) is 20.5. The lowest BCUT2D eigenvalue weighted by Crippen LogP contribution is -2.64. The first kappa shape index (κ1) is 23.4. The monoisotopic (exact) mass is 469 g/mol. The van der Waals surface area contributed by atoms with Crippen molar-refractivity contribution >= 4 is 11.8 Å². The lowest BCUT2D eigenvalue weighted by molar-refractivity contribution is -0.134. The predicted octanol–water partition coefficient (Wildman–Crippen LogP) is 5.58. The average molecular weight is 470 g/mol. The first-order chi connectivity index (χ1) is 17.0. The van der Waals surface area contributed by atoms with Crippen LogP contribution in [-0.2, 0) is 24.3 Å². The van der Waals surface area contributed by atoms with Gasteiger partial charge >= 0.3 is 0 Å². The number of carbonyl (C=O) groups is 2. The van der Waals surface area contributed by atoms with Crippen LogP contribution in [-0.4, -0.2) is 32.9 Å². The Morgan fingerprint density at radius 1 is 0.914 bits per heavy atom. The summed E-state index contributed by atoms with van der Waals surface area (Å²) in [5.41, 5.74) is 3.96. The molecule has 2 heterocycles. The molecule has 0 spiro atoms. The smallest absolute Gasteiger partial charge is 0.271 e. The van der Waals surface area contributed by atoms with Gasteiger partial charge in [-0.2, -0.15) is 0 Å². The topological polar surface area (TPSA) is 54.3 Å². The number of hydrogen-bond donors (Lipinski definition) is 1. The number of aromatic nitrogens is 1. The van der Waals surface area contributed by atoms with E-state index in [1.807, 2.05) is 54.0 Å². The molecule has 1 aliphatic carbocycles. The van der Waals surface area contributed by atoms with Crippen molar-refractivity contribution in [3.05, 3.63) is 83.6 Å². The molecule has 5 rings (SSSR count). The second-order valence-corrected chi connectivity index (χ2v) is 10.2. The number of amides is 2. The van der Waals surface area contributed by atoms with Crippen LogP contribution in [0.2, 0.25) is 0 Å². The second kappa shape index (κ2) is 9.73. The molecule has 35 heavy (non-hydrogen) atoms. The molecule has 1 N–H and O–H groups in total. The summed E-state index contributed by atoms with van der Waals surface area (Å²) in [6.45, 7) is 4.90. The van der Waals surface area contributed by atoms with Crippen LogP contribution >= 0.6 is 0 Å². The molecule has 5 nitrogen and oxygen atoms in total. The Morgan fingerprint density at radius 3 is 2.26 bits per heavy atom. The molecule has 1 aliphatic heterocycles. The summed E-state index contributed by atoms with van der Waals surface area (Å²) in [5.74, 6) is -0.152. The zero-order valence-corrected chi connectivity index (χ0v) is 20.8. The molecular weight excluding hydrogens is 434 g/mol. The Morgan fingerprint density at radius 2 is 1.57 bits per heavy atom. The van der Waals surface area contributed by atoms with E-state index in [0.717, 1.165) is 48.9 Å². The fourth-order valence-corrected chi connectivity index (χ4v) is 5.53. The van der Waals surface area contributed by atoms with E-state index in [1.165, 1.54) is 12.0 Å². The molecule has 3 aromatic rings. The largest absolute Gasteiger partial charge is 0.351 e. The fourth-order valence-electron chi connectivity index (χ4n) is 5.53. The number of nitrogens with one attached hydrogen (secondary N) is 1. The summed E-state index contributed by atoms with van der Waals surface area (Å²) in [6, 6.07) is 22.6. The third-order valence-electron chi connectivity index (χ3n) is 7.78. The molecule has 1 atom stereocenters. The standard InChI is InChI=1S/C30H35N3O2/c1-3-22-14-16-23(17-15-22)20-33-28(34)27-19-18-26(24-10-6-4-7-11-24)32(27)21-30(33,2)29(35)31-25-12-8-5-9-13-25/h4,6-7,10-11,14-19,25H,3,5,8-9,12-13,20-21H2,1-2H3,(H,31,35)/t30-/m0/s1. The number of hydrogen-bond acceptors (Lipinski definition) is 2. The first-order valence-corrected chi connectivity index (χ1v) is 13.0. The van der Waals surface area contributed by atoms with Gasteiger partial charge < -0.3 is 14.8 Å². The minimum Gasteiger partial charge on any atom is -0.351 e.